The fourth-order valence-electron chi connectivity index (χ4n) is 5.74. The second kappa shape index (κ2) is 13.3. The molecule has 1 aliphatic carbocycles. The fourth-order valence-corrected chi connectivity index (χ4v) is 7.26. The second-order valence-electron chi connectivity index (χ2n) is 11.1. The van der Waals surface area contributed by atoms with Gasteiger partial charge in [0.05, 0.1) is 9.79 Å². The predicted octanol–water partition coefficient (Wildman–Crippen LogP) is 3.66. The molecule has 234 valence electrons. The van der Waals surface area contributed by atoms with E-state index in [0.29, 0.717) is 35.1 Å². The molecule has 0 bridgehead atoms. The van der Waals surface area contributed by atoms with E-state index in [0.717, 1.165) is 17.5 Å². The zero-order valence-corrected chi connectivity index (χ0v) is 26.0. The Hall–Kier alpha value is -4.36. The molecule has 0 radical (unpaired) electrons. The van der Waals surface area contributed by atoms with E-state index in [9.17, 15) is 26.4 Å². The molecule has 2 atom stereocenters. The number of carbonyl (C=O) groups excluding carboxylic acids is 2. The predicted molar refractivity (Wildman–Crippen MR) is 171 cm³/mol. The Kier molecular flexibility index (Phi) is 9.49. The van der Waals surface area contributed by atoms with Gasteiger partial charge in [-0.05, 0) is 47.2 Å². The minimum Gasteiger partial charge on any atom is -0.352 e. The van der Waals surface area contributed by atoms with Gasteiger partial charge in [-0.25, -0.2) is 27.1 Å². The lowest BCUT2D eigenvalue weighted by Gasteiger charge is -2.19. The molecule has 45 heavy (non-hydrogen) atoms. The Labute approximate surface area is 263 Å². The standard InChI is InChI=1S/C33H34N4O6S2/c34-44(40,41)30-10-3-1-6-26(30)24-16-12-22(13-17-24)20-36-32(38)28-8-5-9-29(28)33(39)37-21-23-14-18-25(19-15-23)27-7-2-4-11-31(27)45(35,42)43/h1-4,6-7,10-19,28-29H,5,8-9,20-21H2,(H,36,38)(H,37,39)(H2,34,40,41)(H2,35,42,43)/t28-,29-/m1/s1. The van der Waals surface area contributed by atoms with Gasteiger partial charge >= 0.3 is 0 Å². The van der Waals surface area contributed by atoms with E-state index in [2.05, 4.69) is 10.6 Å². The molecule has 5 rings (SSSR count). The average Bonchev–Trinajstić information content (AvgIpc) is 3.53. The summed E-state index contributed by atoms with van der Waals surface area (Å²) in [5, 5.41) is 16.6. The summed E-state index contributed by atoms with van der Waals surface area (Å²) in [4.78, 5) is 26.3. The van der Waals surface area contributed by atoms with Crippen molar-refractivity contribution in [1.29, 1.82) is 0 Å². The first-order chi connectivity index (χ1) is 21.4. The van der Waals surface area contributed by atoms with Gasteiger partial charge in [-0.1, -0.05) is 91.3 Å². The number of nitrogens with one attached hydrogen (secondary N) is 2. The zero-order valence-electron chi connectivity index (χ0n) is 24.3. The summed E-state index contributed by atoms with van der Waals surface area (Å²) >= 11 is 0. The minimum absolute atomic E-state index is 0.0412. The first-order valence-electron chi connectivity index (χ1n) is 14.4. The Morgan fingerprint density at radius 2 is 0.933 bits per heavy atom. The van der Waals surface area contributed by atoms with Crippen molar-refractivity contribution in [2.45, 2.75) is 42.1 Å². The molecule has 0 unspecified atom stereocenters. The normalized spacial score (nSPS) is 16.7. The van der Waals surface area contributed by atoms with E-state index in [4.69, 9.17) is 10.3 Å². The molecule has 10 nitrogen and oxygen atoms in total. The van der Waals surface area contributed by atoms with Crippen LogP contribution in [-0.2, 0) is 42.7 Å². The van der Waals surface area contributed by atoms with Crippen LogP contribution in [0.5, 0.6) is 0 Å². The number of hydrogen-bond acceptors (Lipinski definition) is 6. The smallest absolute Gasteiger partial charge is 0.238 e. The maximum absolute atomic E-state index is 13.1. The van der Waals surface area contributed by atoms with Crippen molar-refractivity contribution >= 4 is 31.9 Å². The van der Waals surface area contributed by atoms with Crippen LogP contribution in [0.1, 0.15) is 30.4 Å². The number of hydrogen-bond donors (Lipinski definition) is 4. The van der Waals surface area contributed by atoms with E-state index < -0.39 is 31.9 Å². The van der Waals surface area contributed by atoms with Crippen molar-refractivity contribution in [3.8, 4) is 22.3 Å². The Balaban J connectivity index is 1.16. The summed E-state index contributed by atoms with van der Waals surface area (Å²) in [5.74, 6) is -1.26. The van der Waals surface area contributed by atoms with Gasteiger partial charge in [0.15, 0.2) is 0 Å². The third-order valence-corrected chi connectivity index (χ3v) is 9.98. The van der Waals surface area contributed by atoms with Gasteiger partial charge in [-0.2, -0.15) is 0 Å². The van der Waals surface area contributed by atoms with E-state index in [1.54, 1.807) is 60.7 Å². The van der Waals surface area contributed by atoms with E-state index >= 15 is 0 Å². The molecular formula is C33H34N4O6S2. The van der Waals surface area contributed by atoms with Crippen LogP contribution >= 0.6 is 0 Å². The molecular weight excluding hydrogens is 613 g/mol. The number of amides is 2. The lowest BCUT2D eigenvalue weighted by molar-refractivity contribution is -0.133. The fraction of sp³-hybridized carbons (Fsp3) is 0.212. The molecule has 0 aliphatic heterocycles. The molecule has 1 aliphatic rings. The quantitative estimate of drug-likeness (QED) is 0.204. The molecule has 0 spiro atoms. The van der Waals surface area contributed by atoms with Crippen LogP contribution in [0.25, 0.3) is 22.3 Å². The Bertz CT molecular complexity index is 1790. The van der Waals surface area contributed by atoms with Crippen LogP contribution in [0.15, 0.2) is 107 Å². The molecule has 12 heteroatoms. The van der Waals surface area contributed by atoms with Crippen LogP contribution in [0.4, 0.5) is 0 Å². The van der Waals surface area contributed by atoms with Crippen molar-refractivity contribution in [3.05, 3.63) is 108 Å². The van der Waals surface area contributed by atoms with Crippen molar-refractivity contribution < 1.29 is 26.4 Å². The van der Waals surface area contributed by atoms with Gasteiger partial charge in [0.2, 0.25) is 31.9 Å². The summed E-state index contributed by atoms with van der Waals surface area (Å²) in [5.41, 5.74) is 4.02. The highest BCUT2D eigenvalue weighted by molar-refractivity contribution is 7.89. The molecule has 0 saturated heterocycles. The first kappa shape index (κ1) is 32.0. The topological polar surface area (TPSA) is 179 Å². The van der Waals surface area contributed by atoms with Crippen molar-refractivity contribution in [2.75, 3.05) is 0 Å². The molecule has 2 amide bonds. The molecule has 4 aromatic rings. The molecule has 1 saturated carbocycles. The summed E-state index contributed by atoms with van der Waals surface area (Å²) in [6, 6.07) is 27.4. The molecule has 6 N–H and O–H groups in total. The Morgan fingerprint density at radius 3 is 1.29 bits per heavy atom. The third kappa shape index (κ3) is 7.66. The number of rotatable bonds is 10. The number of primary sulfonamides is 2. The number of sulfonamides is 2. The maximum Gasteiger partial charge on any atom is 0.238 e. The molecule has 0 aromatic heterocycles. The summed E-state index contributed by atoms with van der Waals surface area (Å²) in [6.07, 6.45) is 2.00. The number of carbonyl (C=O) groups is 2. The van der Waals surface area contributed by atoms with Gasteiger partial charge in [0.1, 0.15) is 0 Å². The van der Waals surface area contributed by atoms with Crippen LogP contribution < -0.4 is 20.9 Å². The van der Waals surface area contributed by atoms with Crippen LogP contribution in [0.3, 0.4) is 0 Å². The largest absolute Gasteiger partial charge is 0.352 e. The van der Waals surface area contributed by atoms with Gasteiger partial charge in [0.25, 0.3) is 0 Å². The van der Waals surface area contributed by atoms with E-state index in [-0.39, 0.29) is 34.7 Å². The summed E-state index contributed by atoms with van der Waals surface area (Å²) in [6.45, 7) is 0.531. The van der Waals surface area contributed by atoms with Gasteiger partial charge in [-0.15, -0.1) is 0 Å². The zero-order chi connectivity index (χ0) is 32.2. The SMILES string of the molecule is NS(=O)(=O)c1ccccc1-c1ccc(CNC(=O)[C@@H]2CCC[C@H]2C(=O)NCc2ccc(-c3ccccc3S(N)(=O)=O)cc2)cc1. The maximum atomic E-state index is 13.1. The van der Waals surface area contributed by atoms with Crippen LogP contribution in [0.2, 0.25) is 0 Å². The highest BCUT2D eigenvalue weighted by Crippen LogP contribution is 2.33. The number of nitrogens with two attached hydrogens (primary N) is 2. The number of benzene rings is 4. The minimum atomic E-state index is -3.89. The molecule has 0 heterocycles. The third-order valence-electron chi connectivity index (χ3n) is 8.04. The van der Waals surface area contributed by atoms with Crippen molar-refractivity contribution in [1.82, 2.24) is 10.6 Å². The van der Waals surface area contributed by atoms with Crippen molar-refractivity contribution in [2.24, 2.45) is 22.1 Å². The van der Waals surface area contributed by atoms with Crippen molar-refractivity contribution in [3.63, 3.8) is 0 Å². The molecule has 4 aromatic carbocycles. The average molecular weight is 647 g/mol. The summed E-state index contributed by atoms with van der Waals surface area (Å²) < 4.78 is 47.9. The lowest BCUT2D eigenvalue weighted by Crippen LogP contribution is -2.39. The van der Waals surface area contributed by atoms with E-state index in [1.165, 1.54) is 12.1 Å². The van der Waals surface area contributed by atoms with Crippen LogP contribution in [0, 0.1) is 11.8 Å². The molecule has 1 fully saturated rings. The lowest BCUT2D eigenvalue weighted by atomic mass is 9.94. The van der Waals surface area contributed by atoms with Gasteiger partial charge in [-0.3, -0.25) is 9.59 Å². The highest BCUT2D eigenvalue weighted by atomic mass is 32.2. The Morgan fingerprint density at radius 1 is 0.578 bits per heavy atom. The van der Waals surface area contributed by atoms with Gasteiger partial charge < -0.3 is 10.6 Å². The monoisotopic (exact) mass is 646 g/mol. The summed E-state index contributed by atoms with van der Waals surface area (Å²) in [7, 11) is -7.77. The van der Waals surface area contributed by atoms with Crippen LogP contribution in [-0.4, -0.2) is 28.6 Å². The first-order valence-corrected chi connectivity index (χ1v) is 17.5. The second-order valence-corrected chi connectivity index (χ2v) is 14.1. The van der Waals surface area contributed by atoms with E-state index in [1.807, 2.05) is 24.3 Å². The van der Waals surface area contributed by atoms with Gasteiger partial charge in [0, 0.05) is 36.1 Å². The highest BCUT2D eigenvalue weighted by Gasteiger charge is 2.37.